The van der Waals surface area contributed by atoms with Crippen molar-refractivity contribution in [3.63, 3.8) is 0 Å². The molecule has 0 saturated carbocycles. The molecule has 1 aromatic carbocycles. The normalized spacial score (nSPS) is 15.9. The van der Waals surface area contributed by atoms with Crippen LogP contribution in [0.3, 0.4) is 0 Å². The lowest BCUT2D eigenvalue weighted by molar-refractivity contribution is -0.384. The van der Waals surface area contributed by atoms with E-state index in [1.54, 1.807) is 12.1 Å². The lowest BCUT2D eigenvalue weighted by atomic mass is 10.2. The van der Waals surface area contributed by atoms with Gasteiger partial charge in [0.15, 0.2) is 0 Å². The van der Waals surface area contributed by atoms with Crippen LogP contribution in [0.15, 0.2) is 24.3 Å². The summed E-state index contributed by atoms with van der Waals surface area (Å²) in [5, 5.41) is 10.6. The summed E-state index contributed by atoms with van der Waals surface area (Å²) in [6, 6.07) is 6.54. The van der Waals surface area contributed by atoms with Crippen molar-refractivity contribution < 1.29 is 14.5 Å². The second-order valence-electron chi connectivity index (χ2n) is 4.61. The molecule has 0 unspecified atom stereocenters. The number of nitro groups is 1. The summed E-state index contributed by atoms with van der Waals surface area (Å²) in [6.45, 7) is 3.42. The Kier molecular flexibility index (Phi) is 4.52. The molecule has 1 heterocycles. The molecular formula is C13H17N3O4. The minimum Gasteiger partial charge on any atom is -0.468 e. The third-order valence-corrected chi connectivity index (χ3v) is 3.38. The number of esters is 1. The first kappa shape index (κ1) is 14.3. The fourth-order valence-corrected chi connectivity index (χ4v) is 2.20. The molecule has 1 saturated heterocycles. The number of hydrogen-bond donors (Lipinski definition) is 0. The highest BCUT2D eigenvalue weighted by Gasteiger charge is 2.19. The number of nitrogens with zero attached hydrogens (tertiary/aromatic N) is 3. The lowest BCUT2D eigenvalue weighted by Crippen LogP contribution is -2.48. The van der Waals surface area contributed by atoms with Gasteiger partial charge in [-0.1, -0.05) is 0 Å². The number of benzene rings is 1. The van der Waals surface area contributed by atoms with Crippen LogP contribution in [0.2, 0.25) is 0 Å². The van der Waals surface area contributed by atoms with Crippen LogP contribution in [-0.2, 0) is 9.53 Å². The highest BCUT2D eigenvalue weighted by atomic mass is 16.6. The Morgan fingerprint density at radius 3 is 2.35 bits per heavy atom. The number of hydrogen-bond acceptors (Lipinski definition) is 6. The van der Waals surface area contributed by atoms with Crippen molar-refractivity contribution in [2.45, 2.75) is 0 Å². The molecule has 20 heavy (non-hydrogen) atoms. The van der Waals surface area contributed by atoms with E-state index in [0.29, 0.717) is 6.54 Å². The quantitative estimate of drug-likeness (QED) is 0.463. The van der Waals surface area contributed by atoms with E-state index in [-0.39, 0.29) is 11.7 Å². The zero-order valence-corrected chi connectivity index (χ0v) is 11.3. The molecule has 2 rings (SSSR count). The van der Waals surface area contributed by atoms with Crippen LogP contribution in [0.1, 0.15) is 0 Å². The van der Waals surface area contributed by atoms with Crippen molar-refractivity contribution in [3.8, 4) is 0 Å². The first-order valence-corrected chi connectivity index (χ1v) is 6.38. The number of nitro benzene ring substituents is 1. The van der Waals surface area contributed by atoms with Crippen molar-refractivity contribution in [3.05, 3.63) is 34.4 Å². The number of rotatable bonds is 4. The van der Waals surface area contributed by atoms with Crippen molar-refractivity contribution in [2.75, 3.05) is 44.7 Å². The molecule has 0 radical (unpaired) electrons. The Morgan fingerprint density at radius 1 is 1.25 bits per heavy atom. The van der Waals surface area contributed by atoms with E-state index in [1.807, 2.05) is 4.90 Å². The SMILES string of the molecule is COC(=O)CN1CCN(c2ccc([N+](=O)[O-])cc2)CC1. The average Bonchev–Trinajstić information content (AvgIpc) is 2.48. The Labute approximate surface area is 116 Å². The molecule has 0 atom stereocenters. The number of carbonyl (C=O) groups is 1. The molecule has 1 aliphatic rings. The lowest BCUT2D eigenvalue weighted by Gasteiger charge is -2.35. The largest absolute Gasteiger partial charge is 0.468 e. The number of piperazine rings is 1. The van der Waals surface area contributed by atoms with Crippen LogP contribution in [0.25, 0.3) is 0 Å². The first-order chi connectivity index (χ1) is 9.60. The van der Waals surface area contributed by atoms with Crippen molar-refractivity contribution >= 4 is 17.3 Å². The van der Waals surface area contributed by atoms with E-state index in [1.165, 1.54) is 19.2 Å². The summed E-state index contributed by atoms with van der Waals surface area (Å²) >= 11 is 0. The minimum atomic E-state index is -0.405. The third kappa shape index (κ3) is 3.45. The van der Waals surface area contributed by atoms with Gasteiger partial charge in [0.2, 0.25) is 0 Å². The molecule has 0 amide bonds. The maximum atomic E-state index is 11.2. The predicted molar refractivity (Wildman–Crippen MR) is 73.8 cm³/mol. The van der Waals surface area contributed by atoms with E-state index >= 15 is 0 Å². The van der Waals surface area contributed by atoms with E-state index in [9.17, 15) is 14.9 Å². The molecule has 0 N–H and O–H groups in total. The maximum absolute atomic E-state index is 11.2. The molecule has 0 bridgehead atoms. The zero-order chi connectivity index (χ0) is 14.5. The standard InChI is InChI=1S/C13H17N3O4/c1-20-13(17)10-14-6-8-15(9-7-14)11-2-4-12(5-3-11)16(18)19/h2-5H,6-10H2,1H3. The topological polar surface area (TPSA) is 75.9 Å². The molecule has 7 heteroatoms. The molecule has 1 aliphatic heterocycles. The van der Waals surface area contributed by atoms with Crippen LogP contribution >= 0.6 is 0 Å². The fourth-order valence-electron chi connectivity index (χ4n) is 2.20. The summed E-state index contributed by atoms with van der Waals surface area (Å²) in [6.07, 6.45) is 0. The van der Waals surface area contributed by atoms with Crippen LogP contribution in [-0.4, -0.2) is 55.6 Å². The van der Waals surface area contributed by atoms with Crippen LogP contribution < -0.4 is 4.90 Å². The number of ether oxygens (including phenoxy) is 1. The van der Waals surface area contributed by atoms with Crippen molar-refractivity contribution in [2.24, 2.45) is 0 Å². The Hall–Kier alpha value is -2.15. The maximum Gasteiger partial charge on any atom is 0.319 e. The first-order valence-electron chi connectivity index (χ1n) is 6.38. The van der Waals surface area contributed by atoms with Gasteiger partial charge in [-0.05, 0) is 12.1 Å². The van der Waals surface area contributed by atoms with E-state index < -0.39 is 4.92 Å². The minimum absolute atomic E-state index is 0.0954. The smallest absolute Gasteiger partial charge is 0.319 e. The number of methoxy groups -OCH3 is 1. The molecule has 0 aromatic heterocycles. The average molecular weight is 279 g/mol. The molecule has 0 aliphatic carbocycles. The van der Waals surface area contributed by atoms with Crippen LogP contribution in [0, 0.1) is 10.1 Å². The van der Waals surface area contributed by atoms with Crippen molar-refractivity contribution in [1.82, 2.24) is 4.90 Å². The monoisotopic (exact) mass is 279 g/mol. The highest BCUT2D eigenvalue weighted by molar-refractivity contribution is 5.71. The summed E-state index contributed by atoms with van der Waals surface area (Å²) in [5.41, 5.74) is 1.06. The van der Waals surface area contributed by atoms with Gasteiger partial charge < -0.3 is 9.64 Å². The van der Waals surface area contributed by atoms with Gasteiger partial charge in [-0.15, -0.1) is 0 Å². The number of carbonyl (C=O) groups excluding carboxylic acids is 1. The predicted octanol–water partition coefficient (Wildman–Crippen LogP) is 0.890. The molecule has 108 valence electrons. The van der Waals surface area contributed by atoms with Gasteiger partial charge in [0.05, 0.1) is 18.6 Å². The van der Waals surface area contributed by atoms with Gasteiger partial charge in [0.25, 0.3) is 5.69 Å². The van der Waals surface area contributed by atoms with E-state index in [0.717, 1.165) is 31.9 Å². The van der Waals surface area contributed by atoms with E-state index in [2.05, 4.69) is 9.64 Å². The van der Waals surface area contributed by atoms with Gasteiger partial charge >= 0.3 is 5.97 Å². The summed E-state index contributed by atoms with van der Waals surface area (Å²) in [4.78, 5) is 25.6. The highest BCUT2D eigenvalue weighted by Crippen LogP contribution is 2.20. The number of non-ortho nitro benzene ring substituents is 1. The van der Waals surface area contributed by atoms with Gasteiger partial charge in [-0.2, -0.15) is 0 Å². The second kappa shape index (κ2) is 6.33. The molecule has 1 aromatic rings. The number of anilines is 1. The van der Waals surface area contributed by atoms with E-state index in [4.69, 9.17) is 0 Å². The van der Waals surface area contributed by atoms with Crippen LogP contribution in [0.4, 0.5) is 11.4 Å². The summed E-state index contributed by atoms with van der Waals surface area (Å²) in [7, 11) is 1.38. The zero-order valence-electron chi connectivity index (χ0n) is 11.3. The van der Waals surface area contributed by atoms with Gasteiger partial charge in [0.1, 0.15) is 0 Å². The Balaban J connectivity index is 1.90. The van der Waals surface area contributed by atoms with Crippen LogP contribution in [0.5, 0.6) is 0 Å². The second-order valence-corrected chi connectivity index (χ2v) is 4.61. The molecular weight excluding hydrogens is 262 g/mol. The molecule has 1 fully saturated rings. The van der Waals surface area contributed by atoms with Gasteiger partial charge in [0, 0.05) is 44.0 Å². The fraction of sp³-hybridized carbons (Fsp3) is 0.462. The third-order valence-electron chi connectivity index (χ3n) is 3.38. The molecule has 7 nitrogen and oxygen atoms in total. The van der Waals surface area contributed by atoms with Gasteiger partial charge in [-0.25, -0.2) is 0 Å². The Bertz CT molecular complexity index is 481. The molecule has 0 spiro atoms. The summed E-state index contributed by atoms with van der Waals surface area (Å²) in [5.74, 6) is -0.228. The Morgan fingerprint density at radius 2 is 1.85 bits per heavy atom. The van der Waals surface area contributed by atoms with Crippen molar-refractivity contribution in [1.29, 1.82) is 0 Å². The van der Waals surface area contributed by atoms with Gasteiger partial charge in [-0.3, -0.25) is 19.8 Å². The summed E-state index contributed by atoms with van der Waals surface area (Å²) < 4.78 is 4.64.